The summed E-state index contributed by atoms with van der Waals surface area (Å²) < 4.78 is 22.1. The first-order valence-corrected chi connectivity index (χ1v) is 28.0. The molecule has 0 radical (unpaired) electrons. The molecule has 4 heterocycles. The van der Waals surface area contributed by atoms with E-state index >= 15 is 0 Å². The minimum absolute atomic E-state index is 0. The summed E-state index contributed by atoms with van der Waals surface area (Å²) in [6, 6.07) is 84.4. The largest absolute Gasteiger partial charge is 3.00 e. The number of benzene rings is 9. The molecule has 82 heavy (non-hydrogen) atoms. The van der Waals surface area contributed by atoms with Gasteiger partial charge in [0.05, 0.1) is 22.4 Å². The number of hydrogen-bond acceptors (Lipinski definition) is 4. The Morgan fingerprint density at radius 3 is 1.73 bits per heavy atom. The molecule has 0 saturated heterocycles. The quantitative estimate of drug-likeness (QED) is 0.102. The van der Waals surface area contributed by atoms with E-state index < -0.39 is 0 Å². The minimum Gasteiger partial charge on any atom is -0.501 e. The zero-order chi connectivity index (χ0) is 55.2. The summed E-state index contributed by atoms with van der Waals surface area (Å²) in [7, 11) is 0. The van der Waals surface area contributed by atoms with Crippen molar-refractivity contribution < 1.29 is 28.9 Å². The Hall–Kier alpha value is -8.87. The van der Waals surface area contributed by atoms with Crippen molar-refractivity contribution in [3.05, 3.63) is 288 Å². The van der Waals surface area contributed by atoms with Crippen molar-refractivity contribution >= 4 is 33.0 Å². The SMILES string of the molecule is CC(C)c1cc(-c2ccccc2)cc(C(C)C)c1-n1c(-c2[c-]ccc3c2oc2ccccc23)nc2ccccc21.Fc1c[c-]c(-c2ccc(CCc3cc(CCc4c[c-]c(-c5ccccn5)cc4)cc(-c4ccccc4)c3)cn2)cc1.[Ir+3]. The van der Waals surface area contributed by atoms with E-state index in [1.807, 2.05) is 54.9 Å². The molecule has 13 rings (SSSR count). The summed E-state index contributed by atoms with van der Waals surface area (Å²) in [5.41, 5.74) is 22.0. The number of imidazole rings is 1. The average molecular weight is 1240 g/mol. The third kappa shape index (κ3) is 11.9. The van der Waals surface area contributed by atoms with Gasteiger partial charge in [-0.3, -0.25) is 9.37 Å². The van der Waals surface area contributed by atoms with Gasteiger partial charge in [-0.05, 0) is 129 Å². The summed E-state index contributed by atoms with van der Waals surface area (Å²) in [4.78, 5) is 14.3. The summed E-state index contributed by atoms with van der Waals surface area (Å²) in [5, 5.41) is 2.18. The van der Waals surface area contributed by atoms with E-state index in [0.717, 1.165) is 92.6 Å². The summed E-state index contributed by atoms with van der Waals surface area (Å²) in [5.74, 6) is 1.16. The van der Waals surface area contributed by atoms with Crippen LogP contribution in [0.2, 0.25) is 0 Å². The van der Waals surface area contributed by atoms with Crippen LogP contribution < -0.4 is 0 Å². The number of aromatic nitrogens is 4. The van der Waals surface area contributed by atoms with Gasteiger partial charge < -0.3 is 19.0 Å². The van der Waals surface area contributed by atoms with Crippen LogP contribution in [0.5, 0.6) is 0 Å². The van der Waals surface area contributed by atoms with Crippen molar-refractivity contribution in [2.24, 2.45) is 0 Å². The average Bonchev–Trinajstić information content (AvgIpc) is 4.27. The topological polar surface area (TPSA) is 56.7 Å². The Kier molecular flexibility index (Phi) is 16.7. The van der Waals surface area contributed by atoms with Crippen LogP contribution in [0.25, 0.3) is 94.8 Å². The van der Waals surface area contributed by atoms with Crippen LogP contribution in [0.3, 0.4) is 0 Å². The van der Waals surface area contributed by atoms with Gasteiger partial charge in [0.2, 0.25) is 0 Å². The molecule has 0 aliphatic heterocycles. The first-order chi connectivity index (χ1) is 39.7. The molecule has 0 spiro atoms. The number of furan rings is 1. The van der Waals surface area contributed by atoms with E-state index in [0.29, 0.717) is 11.8 Å². The van der Waals surface area contributed by atoms with E-state index in [-0.39, 0.29) is 25.9 Å². The van der Waals surface area contributed by atoms with Gasteiger partial charge in [0.1, 0.15) is 5.58 Å². The zero-order valence-corrected chi connectivity index (χ0v) is 48.7. The second-order valence-electron chi connectivity index (χ2n) is 21.3. The Morgan fingerprint density at radius 2 is 1.10 bits per heavy atom. The van der Waals surface area contributed by atoms with E-state index in [1.54, 1.807) is 6.07 Å². The second-order valence-corrected chi connectivity index (χ2v) is 21.3. The molecular formula is C75H60FIrN4O. The van der Waals surface area contributed by atoms with Gasteiger partial charge >= 0.3 is 20.1 Å². The maximum absolute atomic E-state index is 13.2. The molecule has 9 aromatic carbocycles. The smallest absolute Gasteiger partial charge is 0.501 e. The normalized spacial score (nSPS) is 11.3. The fourth-order valence-corrected chi connectivity index (χ4v) is 10.9. The summed E-state index contributed by atoms with van der Waals surface area (Å²) >= 11 is 0. The van der Waals surface area contributed by atoms with Gasteiger partial charge in [-0.25, -0.2) is 0 Å². The molecule has 0 fully saturated rings. The monoisotopic (exact) mass is 1240 g/mol. The van der Waals surface area contributed by atoms with Gasteiger partial charge in [-0.15, -0.1) is 83.4 Å². The molecule has 5 nitrogen and oxygen atoms in total. The maximum Gasteiger partial charge on any atom is 3.00 e. The van der Waals surface area contributed by atoms with Crippen LogP contribution in [0, 0.1) is 24.0 Å². The number of para-hydroxylation sites is 3. The van der Waals surface area contributed by atoms with Crippen molar-refractivity contribution in [3.63, 3.8) is 0 Å². The Labute approximate surface area is 493 Å². The third-order valence-corrected chi connectivity index (χ3v) is 15.1. The number of aryl methyl sites for hydroxylation is 4. The number of pyridine rings is 2. The third-order valence-electron chi connectivity index (χ3n) is 15.1. The van der Waals surface area contributed by atoms with Crippen LogP contribution >= 0.6 is 0 Å². The standard InChI is InChI=1S/C38H29FN2.C37H31N2O.Ir/c39-36-20-18-34(19-21-36)38-22-15-29(27-41-38)10-12-31-24-30(25-35(26-31)32-6-2-1-3-7-32)11-9-28-13-16-33(17-14-28)37-8-4-5-23-40-37;1-23(2)30-21-26(25-13-6-5-7-14-25)22-31(24(3)4)35(30)39-33-19-10-9-18-32(33)38-37(39)29-17-12-16-28-27-15-8-11-20-34(27)40-36(28)29;/h1-8,13-16,18,20-27H,9-12H2;5-16,18-24H,1-4H3;/q-2;-1;+3. The predicted octanol–water partition coefficient (Wildman–Crippen LogP) is 19.1. The molecule has 0 amide bonds. The number of halogens is 1. The van der Waals surface area contributed by atoms with Crippen LogP contribution in [-0.2, 0) is 45.8 Å². The van der Waals surface area contributed by atoms with Crippen molar-refractivity contribution in [3.8, 4) is 61.8 Å². The Morgan fingerprint density at radius 1 is 0.500 bits per heavy atom. The Bertz CT molecular complexity index is 4240. The van der Waals surface area contributed by atoms with E-state index in [9.17, 15) is 4.39 Å². The molecule has 0 unspecified atom stereocenters. The van der Waals surface area contributed by atoms with Gasteiger partial charge in [-0.1, -0.05) is 179 Å². The zero-order valence-electron chi connectivity index (χ0n) is 46.3. The van der Waals surface area contributed by atoms with Gasteiger partial charge in [0.25, 0.3) is 0 Å². The molecule has 0 aliphatic carbocycles. The summed E-state index contributed by atoms with van der Waals surface area (Å²) in [6.07, 6.45) is 7.44. The molecular weight excluding hydrogens is 1180 g/mol. The number of hydrogen-bond donors (Lipinski definition) is 0. The van der Waals surface area contributed by atoms with Gasteiger partial charge in [0.15, 0.2) is 0 Å². The Balaban J connectivity index is 0.000000170. The summed E-state index contributed by atoms with van der Waals surface area (Å²) in [6.45, 7) is 9.12. The second kappa shape index (κ2) is 24.9. The van der Waals surface area contributed by atoms with E-state index in [1.165, 1.54) is 73.5 Å². The van der Waals surface area contributed by atoms with Crippen LogP contribution in [0.1, 0.15) is 72.9 Å². The van der Waals surface area contributed by atoms with E-state index in [4.69, 9.17) is 9.40 Å². The van der Waals surface area contributed by atoms with Gasteiger partial charge in [-0.2, -0.15) is 0 Å². The van der Waals surface area contributed by atoms with E-state index in [2.05, 4.69) is 218 Å². The molecule has 0 bridgehead atoms. The number of fused-ring (bicyclic) bond motifs is 4. The van der Waals surface area contributed by atoms with Crippen LogP contribution in [0.15, 0.2) is 235 Å². The molecule has 402 valence electrons. The first kappa shape index (κ1) is 55.1. The van der Waals surface area contributed by atoms with Crippen molar-refractivity contribution in [1.29, 1.82) is 0 Å². The first-order valence-electron chi connectivity index (χ1n) is 28.0. The molecule has 4 aromatic heterocycles. The van der Waals surface area contributed by atoms with Crippen LogP contribution in [-0.4, -0.2) is 19.5 Å². The maximum atomic E-state index is 13.2. The molecule has 0 aliphatic rings. The molecule has 0 atom stereocenters. The molecule has 0 saturated carbocycles. The van der Waals surface area contributed by atoms with Gasteiger partial charge in [0, 0.05) is 29.3 Å². The van der Waals surface area contributed by atoms with Crippen molar-refractivity contribution in [2.75, 3.05) is 0 Å². The van der Waals surface area contributed by atoms with Crippen LogP contribution in [0.4, 0.5) is 4.39 Å². The fourth-order valence-electron chi connectivity index (χ4n) is 10.9. The molecule has 0 N–H and O–H groups in total. The molecule has 7 heteroatoms. The number of nitrogens with zero attached hydrogens (tertiary/aromatic N) is 4. The van der Waals surface area contributed by atoms with Crippen molar-refractivity contribution in [1.82, 2.24) is 19.5 Å². The predicted molar refractivity (Wildman–Crippen MR) is 330 cm³/mol. The van der Waals surface area contributed by atoms with Crippen molar-refractivity contribution in [2.45, 2.75) is 65.2 Å². The number of rotatable bonds is 14. The fraction of sp³-hybridized carbons (Fsp3) is 0.133. The minimum atomic E-state index is -0.292. The molecule has 13 aromatic rings.